The zero-order valence-electron chi connectivity index (χ0n) is 15.0. The van der Waals surface area contributed by atoms with Gasteiger partial charge in [0, 0.05) is 30.3 Å². The SMILES string of the molecule is COc1ccc2c(c1OC)CCN1CCc3cc4c(cc3C1C2)ONO4. The zero-order chi connectivity index (χ0) is 17.7. The molecular formula is C20H22N2O4. The van der Waals surface area contributed by atoms with Crippen molar-refractivity contribution >= 4 is 0 Å². The average Bonchev–Trinajstić information content (AvgIpc) is 3.04. The molecule has 1 unspecified atom stereocenters. The summed E-state index contributed by atoms with van der Waals surface area (Å²) in [5.41, 5.74) is 7.78. The molecule has 3 heterocycles. The van der Waals surface area contributed by atoms with Gasteiger partial charge in [0.05, 0.1) is 14.2 Å². The second kappa shape index (κ2) is 6.07. The summed E-state index contributed by atoms with van der Waals surface area (Å²) >= 11 is 0. The summed E-state index contributed by atoms with van der Waals surface area (Å²) in [6.45, 7) is 2.06. The summed E-state index contributed by atoms with van der Waals surface area (Å²) in [4.78, 5) is 13.3. The molecule has 6 nitrogen and oxygen atoms in total. The van der Waals surface area contributed by atoms with Crippen LogP contribution in [0.4, 0.5) is 0 Å². The summed E-state index contributed by atoms with van der Waals surface area (Å²) < 4.78 is 11.2. The molecular weight excluding hydrogens is 332 g/mol. The van der Waals surface area contributed by atoms with E-state index < -0.39 is 0 Å². The highest BCUT2D eigenvalue weighted by Gasteiger charge is 2.33. The first kappa shape index (κ1) is 15.8. The second-order valence-corrected chi connectivity index (χ2v) is 6.98. The summed E-state index contributed by atoms with van der Waals surface area (Å²) in [7, 11) is 3.41. The fraction of sp³-hybridized carbons (Fsp3) is 0.400. The Balaban J connectivity index is 1.58. The highest BCUT2D eigenvalue weighted by molar-refractivity contribution is 5.54. The topological polar surface area (TPSA) is 52.2 Å². The zero-order valence-corrected chi connectivity index (χ0v) is 15.0. The Kier molecular flexibility index (Phi) is 3.69. The molecule has 0 saturated heterocycles. The fourth-order valence-electron chi connectivity index (χ4n) is 4.50. The van der Waals surface area contributed by atoms with Gasteiger partial charge < -0.3 is 19.1 Å². The maximum Gasteiger partial charge on any atom is 0.196 e. The Morgan fingerprint density at radius 3 is 2.62 bits per heavy atom. The van der Waals surface area contributed by atoms with Gasteiger partial charge in [-0.15, -0.1) is 0 Å². The van der Waals surface area contributed by atoms with E-state index in [0.717, 1.165) is 55.4 Å². The maximum atomic E-state index is 5.69. The van der Waals surface area contributed by atoms with Crippen molar-refractivity contribution in [2.45, 2.75) is 25.3 Å². The van der Waals surface area contributed by atoms with E-state index in [4.69, 9.17) is 19.1 Å². The predicted octanol–water partition coefficient (Wildman–Crippen LogP) is 2.59. The summed E-state index contributed by atoms with van der Waals surface area (Å²) in [6.07, 6.45) is 2.95. The number of fused-ring (bicyclic) bond motifs is 5. The Morgan fingerprint density at radius 2 is 1.81 bits per heavy atom. The van der Waals surface area contributed by atoms with Gasteiger partial charge in [0.15, 0.2) is 23.0 Å². The largest absolute Gasteiger partial charge is 0.493 e. The predicted molar refractivity (Wildman–Crippen MR) is 95.8 cm³/mol. The highest BCUT2D eigenvalue weighted by Crippen LogP contribution is 2.44. The average molecular weight is 354 g/mol. The Bertz CT molecular complexity index is 867. The first-order valence-electron chi connectivity index (χ1n) is 9.00. The van der Waals surface area contributed by atoms with Crippen molar-refractivity contribution in [3.8, 4) is 23.0 Å². The summed E-state index contributed by atoms with van der Waals surface area (Å²) in [6, 6.07) is 8.78. The van der Waals surface area contributed by atoms with Gasteiger partial charge in [-0.25, -0.2) is 0 Å². The lowest BCUT2D eigenvalue weighted by molar-refractivity contribution is 0.0259. The van der Waals surface area contributed by atoms with Crippen molar-refractivity contribution in [1.82, 2.24) is 10.5 Å². The Labute approximate surface area is 152 Å². The lowest BCUT2D eigenvalue weighted by Gasteiger charge is -2.36. The third kappa shape index (κ3) is 2.33. The maximum absolute atomic E-state index is 5.69. The molecule has 1 atom stereocenters. The second-order valence-electron chi connectivity index (χ2n) is 6.98. The van der Waals surface area contributed by atoms with Gasteiger partial charge in [-0.3, -0.25) is 4.90 Å². The molecule has 0 saturated carbocycles. The smallest absolute Gasteiger partial charge is 0.196 e. The Hall–Kier alpha value is -2.44. The molecule has 0 spiro atoms. The third-order valence-corrected chi connectivity index (χ3v) is 5.78. The van der Waals surface area contributed by atoms with Crippen LogP contribution in [-0.2, 0) is 19.3 Å². The number of ether oxygens (including phenoxy) is 2. The lowest BCUT2D eigenvalue weighted by atomic mass is 9.88. The van der Waals surface area contributed by atoms with Crippen molar-refractivity contribution in [2.75, 3.05) is 27.3 Å². The third-order valence-electron chi connectivity index (χ3n) is 5.78. The quantitative estimate of drug-likeness (QED) is 0.895. The first-order valence-corrected chi connectivity index (χ1v) is 9.00. The summed E-state index contributed by atoms with van der Waals surface area (Å²) in [5.74, 6) is 3.22. The van der Waals surface area contributed by atoms with E-state index in [2.05, 4.69) is 28.7 Å². The van der Waals surface area contributed by atoms with Crippen LogP contribution in [0.1, 0.15) is 28.3 Å². The van der Waals surface area contributed by atoms with Gasteiger partial charge in [-0.1, -0.05) is 6.07 Å². The molecule has 3 aliphatic rings. The molecule has 0 radical (unpaired) electrons. The minimum Gasteiger partial charge on any atom is -0.493 e. The molecule has 2 aromatic rings. The monoisotopic (exact) mass is 354 g/mol. The van der Waals surface area contributed by atoms with Crippen LogP contribution in [0.15, 0.2) is 24.3 Å². The molecule has 0 fully saturated rings. The number of nitrogens with one attached hydrogen (secondary N) is 1. The normalized spacial score (nSPS) is 20.6. The minimum absolute atomic E-state index is 0.340. The van der Waals surface area contributed by atoms with Crippen molar-refractivity contribution < 1.29 is 19.1 Å². The van der Waals surface area contributed by atoms with E-state index in [9.17, 15) is 0 Å². The molecule has 136 valence electrons. The van der Waals surface area contributed by atoms with Crippen molar-refractivity contribution in [3.63, 3.8) is 0 Å². The number of nitrogens with zero attached hydrogens (tertiary/aromatic N) is 1. The van der Waals surface area contributed by atoms with E-state index in [1.165, 1.54) is 22.3 Å². The van der Waals surface area contributed by atoms with Crippen molar-refractivity contribution in [2.24, 2.45) is 0 Å². The van der Waals surface area contributed by atoms with E-state index >= 15 is 0 Å². The molecule has 26 heavy (non-hydrogen) atoms. The summed E-state index contributed by atoms with van der Waals surface area (Å²) in [5, 5.41) is 0. The molecule has 0 aliphatic carbocycles. The van der Waals surface area contributed by atoms with E-state index in [1.807, 2.05) is 6.07 Å². The molecule has 2 aromatic carbocycles. The van der Waals surface area contributed by atoms with Crippen LogP contribution < -0.4 is 24.8 Å². The van der Waals surface area contributed by atoms with Crippen LogP contribution in [0.3, 0.4) is 0 Å². The first-order chi connectivity index (χ1) is 12.8. The van der Waals surface area contributed by atoms with Gasteiger partial charge in [-0.2, -0.15) is 0 Å². The molecule has 3 aliphatic heterocycles. The molecule has 0 aromatic heterocycles. The van der Waals surface area contributed by atoms with Gasteiger partial charge in [-0.05, 0) is 54.2 Å². The van der Waals surface area contributed by atoms with Gasteiger partial charge >= 0.3 is 0 Å². The van der Waals surface area contributed by atoms with E-state index in [1.54, 1.807) is 14.2 Å². The molecule has 0 amide bonds. The van der Waals surface area contributed by atoms with Crippen LogP contribution >= 0.6 is 0 Å². The number of methoxy groups -OCH3 is 2. The lowest BCUT2D eigenvalue weighted by Crippen LogP contribution is -2.36. The fourth-order valence-corrected chi connectivity index (χ4v) is 4.50. The molecule has 1 N–H and O–H groups in total. The van der Waals surface area contributed by atoms with Crippen LogP contribution in [0.5, 0.6) is 23.0 Å². The number of hydrogen-bond acceptors (Lipinski definition) is 6. The van der Waals surface area contributed by atoms with Crippen molar-refractivity contribution in [3.05, 3.63) is 46.5 Å². The van der Waals surface area contributed by atoms with Gasteiger partial charge in [0.1, 0.15) is 0 Å². The number of benzene rings is 2. The van der Waals surface area contributed by atoms with E-state index in [-0.39, 0.29) is 0 Å². The van der Waals surface area contributed by atoms with Crippen LogP contribution in [0, 0.1) is 0 Å². The van der Waals surface area contributed by atoms with Crippen molar-refractivity contribution in [1.29, 1.82) is 0 Å². The Morgan fingerprint density at radius 1 is 1.00 bits per heavy atom. The van der Waals surface area contributed by atoms with Crippen LogP contribution in [0.25, 0.3) is 0 Å². The highest BCUT2D eigenvalue weighted by atomic mass is 16.9. The molecule has 0 bridgehead atoms. The van der Waals surface area contributed by atoms with Crippen LogP contribution in [-0.4, -0.2) is 32.2 Å². The number of hydrogen-bond donors (Lipinski definition) is 1. The van der Waals surface area contributed by atoms with Crippen LogP contribution in [0.2, 0.25) is 0 Å². The van der Waals surface area contributed by atoms with Gasteiger partial charge in [0.2, 0.25) is 0 Å². The minimum atomic E-state index is 0.340. The van der Waals surface area contributed by atoms with E-state index in [0.29, 0.717) is 6.04 Å². The number of rotatable bonds is 2. The van der Waals surface area contributed by atoms with Gasteiger partial charge in [0.25, 0.3) is 0 Å². The molecule has 5 rings (SSSR count). The standard InChI is InChI=1S/C20H22N2O4/c1-23-17-4-3-12-9-16-15-11-19-18(25-21-26-19)10-13(15)5-7-22(16)8-6-14(12)20(17)24-2/h3-4,10-11,16,21H,5-9H2,1-2H3. The molecule has 6 heteroatoms.